The predicted octanol–water partition coefficient (Wildman–Crippen LogP) is 3.86. The summed E-state index contributed by atoms with van der Waals surface area (Å²) in [6, 6.07) is 9.61. The lowest BCUT2D eigenvalue weighted by Gasteiger charge is -2.10. The maximum absolute atomic E-state index is 12.5. The molecule has 31 heavy (non-hydrogen) atoms. The van der Waals surface area contributed by atoms with Gasteiger partial charge in [-0.2, -0.15) is 0 Å². The number of ether oxygens (including phenoxy) is 1. The Morgan fingerprint density at radius 2 is 1.55 bits per heavy atom. The van der Waals surface area contributed by atoms with Gasteiger partial charge in [0.1, 0.15) is 5.75 Å². The van der Waals surface area contributed by atoms with Gasteiger partial charge in [0.2, 0.25) is 0 Å². The number of sulfonamides is 1. The fourth-order valence-electron chi connectivity index (χ4n) is 2.50. The van der Waals surface area contributed by atoms with Crippen molar-refractivity contribution in [3.8, 4) is 5.75 Å². The second kappa shape index (κ2) is 8.85. The summed E-state index contributed by atoms with van der Waals surface area (Å²) in [6.45, 7) is 0. The SMILES string of the molecule is O=S(=O)(CCc1ccc(OC(F)(F)F)cc1)c1ccc(S(=O)(=O)Nc2nccs2)cc1. The van der Waals surface area contributed by atoms with Crippen molar-refractivity contribution in [1.82, 2.24) is 4.98 Å². The van der Waals surface area contributed by atoms with Crippen molar-refractivity contribution in [2.24, 2.45) is 0 Å². The highest BCUT2D eigenvalue weighted by Crippen LogP contribution is 2.24. The lowest BCUT2D eigenvalue weighted by atomic mass is 10.2. The smallest absolute Gasteiger partial charge is 0.406 e. The number of benzene rings is 2. The molecule has 0 unspecified atom stereocenters. The Bertz CT molecular complexity index is 1220. The molecular weight excluding hydrogens is 477 g/mol. The zero-order valence-corrected chi connectivity index (χ0v) is 18.0. The Morgan fingerprint density at radius 1 is 0.935 bits per heavy atom. The van der Waals surface area contributed by atoms with Crippen molar-refractivity contribution in [3.63, 3.8) is 0 Å². The number of rotatable bonds is 8. The van der Waals surface area contributed by atoms with E-state index in [1.54, 1.807) is 5.38 Å². The molecule has 0 atom stereocenters. The number of sulfone groups is 1. The van der Waals surface area contributed by atoms with Crippen molar-refractivity contribution in [1.29, 1.82) is 0 Å². The minimum atomic E-state index is -4.81. The summed E-state index contributed by atoms with van der Waals surface area (Å²) in [5.41, 5.74) is 0.505. The quantitative estimate of drug-likeness (QED) is 0.512. The van der Waals surface area contributed by atoms with Crippen LogP contribution in [0.15, 0.2) is 69.9 Å². The first-order valence-electron chi connectivity index (χ1n) is 8.54. The van der Waals surface area contributed by atoms with Crippen LogP contribution < -0.4 is 9.46 Å². The number of aryl methyl sites for hydroxylation is 1. The van der Waals surface area contributed by atoms with Crippen LogP contribution in [0, 0.1) is 0 Å². The molecule has 1 N–H and O–H groups in total. The number of nitrogens with zero attached hydrogens (tertiary/aromatic N) is 1. The molecule has 0 aliphatic rings. The fourth-order valence-corrected chi connectivity index (χ4v) is 5.58. The molecular formula is C18H15F3N2O5S3. The van der Waals surface area contributed by atoms with Crippen molar-refractivity contribution in [3.05, 3.63) is 65.7 Å². The monoisotopic (exact) mass is 492 g/mol. The maximum Gasteiger partial charge on any atom is 0.573 e. The van der Waals surface area contributed by atoms with Gasteiger partial charge >= 0.3 is 6.36 Å². The van der Waals surface area contributed by atoms with E-state index in [0.717, 1.165) is 23.5 Å². The Morgan fingerprint density at radius 3 is 2.10 bits per heavy atom. The molecule has 0 aliphatic heterocycles. The van der Waals surface area contributed by atoms with Crippen molar-refractivity contribution in [2.75, 3.05) is 10.5 Å². The van der Waals surface area contributed by atoms with E-state index in [1.165, 1.54) is 42.6 Å². The van der Waals surface area contributed by atoms with Crippen LogP contribution in [0.25, 0.3) is 0 Å². The van der Waals surface area contributed by atoms with Gasteiger partial charge in [-0.15, -0.1) is 24.5 Å². The number of thiazole rings is 1. The molecule has 0 amide bonds. The molecule has 0 fully saturated rings. The van der Waals surface area contributed by atoms with E-state index < -0.39 is 32.0 Å². The summed E-state index contributed by atoms with van der Waals surface area (Å²) < 4.78 is 92.3. The average molecular weight is 493 g/mol. The minimum absolute atomic E-state index is 0.0558. The normalized spacial score (nSPS) is 12.5. The van der Waals surface area contributed by atoms with Gasteiger partial charge < -0.3 is 4.74 Å². The summed E-state index contributed by atoms with van der Waals surface area (Å²) in [7, 11) is -7.65. The zero-order chi connectivity index (χ0) is 22.7. The number of alkyl halides is 3. The summed E-state index contributed by atoms with van der Waals surface area (Å²) >= 11 is 1.10. The molecule has 166 valence electrons. The third-order valence-electron chi connectivity index (χ3n) is 3.96. The van der Waals surface area contributed by atoms with Crippen LogP contribution in [0.3, 0.4) is 0 Å². The third-order valence-corrected chi connectivity index (χ3v) is 7.87. The summed E-state index contributed by atoms with van der Waals surface area (Å²) in [5.74, 6) is -0.710. The van der Waals surface area contributed by atoms with Gasteiger partial charge in [0, 0.05) is 11.6 Å². The minimum Gasteiger partial charge on any atom is -0.406 e. The van der Waals surface area contributed by atoms with Gasteiger partial charge in [0.05, 0.1) is 15.5 Å². The molecule has 1 aromatic heterocycles. The lowest BCUT2D eigenvalue weighted by Crippen LogP contribution is -2.17. The van der Waals surface area contributed by atoms with Crippen molar-refractivity contribution in [2.45, 2.75) is 22.6 Å². The Labute approximate surface area is 180 Å². The van der Waals surface area contributed by atoms with Gasteiger partial charge in [-0.25, -0.2) is 21.8 Å². The molecule has 0 saturated carbocycles. The van der Waals surface area contributed by atoms with Crippen LogP contribution in [0.1, 0.15) is 5.56 Å². The molecule has 7 nitrogen and oxygen atoms in total. The number of anilines is 1. The second-order valence-electron chi connectivity index (χ2n) is 6.17. The largest absolute Gasteiger partial charge is 0.573 e. The van der Waals surface area contributed by atoms with Crippen LogP contribution >= 0.6 is 11.3 Å². The van der Waals surface area contributed by atoms with E-state index in [1.807, 2.05) is 0 Å². The number of halogens is 3. The molecule has 13 heteroatoms. The molecule has 3 aromatic rings. The van der Waals surface area contributed by atoms with Crippen molar-refractivity contribution >= 4 is 36.3 Å². The van der Waals surface area contributed by atoms with E-state index in [2.05, 4.69) is 14.4 Å². The van der Waals surface area contributed by atoms with Gasteiger partial charge in [-0.05, 0) is 48.4 Å². The Kier molecular flexibility index (Phi) is 6.57. The molecule has 0 radical (unpaired) electrons. The summed E-state index contributed by atoms with van der Waals surface area (Å²) in [5, 5.41) is 1.79. The van der Waals surface area contributed by atoms with E-state index in [9.17, 15) is 30.0 Å². The number of nitrogens with one attached hydrogen (secondary N) is 1. The maximum atomic E-state index is 12.5. The molecule has 1 heterocycles. The zero-order valence-electron chi connectivity index (χ0n) is 15.5. The fraction of sp³-hybridized carbons (Fsp3) is 0.167. The first-order chi connectivity index (χ1) is 14.4. The molecule has 3 rings (SSSR count). The Hall–Kier alpha value is -2.64. The van der Waals surface area contributed by atoms with E-state index >= 15 is 0 Å². The predicted molar refractivity (Wildman–Crippen MR) is 108 cm³/mol. The van der Waals surface area contributed by atoms with Crippen LogP contribution in [0.2, 0.25) is 0 Å². The highest BCUT2D eigenvalue weighted by molar-refractivity contribution is 7.93. The summed E-state index contributed by atoms with van der Waals surface area (Å²) in [4.78, 5) is 3.63. The van der Waals surface area contributed by atoms with Crippen molar-refractivity contribution < 1.29 is 34.7 Å². The van der Waals surface area contributed by atoms with Crippen LogP contribution in [-0.4, -0.2) is 33.9 Å². The number of hydrogen-bond acceptors (Lipinski definition) is 7. The second-order valence-corrected chi connectivity index (χ2v) is 10.9. The first-order valence-corrected chi connectivity index (χ1v) is 12.6. The first kappa shape index (κ1) is 23.0. The molecule has 0 spiro atoms. The number of hydrogen-bond donors (Lipinski definition) is 1. The lowest BCUT2D eigenvalue weighted by molar-refractivity contribution is -0.274. The van der Waals surface area contributed by atoms with Crippen LogP contribution in [0.4, 0.5) is 18.3 Å². The van der Waals surface area contributed by atoms with Gasteiger partial charge in [0.25, 0.3) is 10.0 Å². The topological polar surface area (TPSA) is 102 Å². The molecule has 0 saturated heterocycles. The standard InChI is InChI=1S/C18H15F3N2O5S3/c19-18(20,21)28-14-3-1-13(2-4-14)9-12-30(24,25)15-5-7-16(8-6-15)31(26,27)23-17-22-10-11-29-17/h1-8,10-11H,9,12H2,(H,22,23). The third kappa shape index (κ3) is 6.42. The van der Waals surface area contributed by atoms with E-state index in [4.69, 9.17) is 0 Å². The van der Waals surface area contributed by atoms with Crippen LogP contribution in [0.5, 0.6) is 5.75 Å². The number of aromatic nitrogens is 1. The molecule has 2 aromatic carbocycles. The Balaban J connectivity index is 1.65. The molecule has 0 aliphatic carbocycles. The van der Waals surface area contributed by atoms with Gasteiger partial charge in [-0.3, -0.25) is 4.72 Å². The molecule has 0 bridgehead atoms. The van der Waals surface area contributed by atoms with Gasteiger partial charge in [-0.1, -0.05) is 12.1 Å². The summed E-state index contributed by atoms with van der Waals surface area (Å²) in [6.07, 6.45) is -3.31. The van der Waals surface area contributed by atoms with Gasteiger partial charge in [0.15, 0.2) is 15.0 Å². The average Bonchev–Trinajstić information content (AvgIpc) is 3.19. The van der Waals surface area contributed by atoms with E-state index in [0.29, 0.717) is 5.56 Å². The van der Waals surface area contributed by atoms with E-state index in [-0.39, 0.29) is 27.1 Å². The highest BCUT2D eigenvalue weighted by Gasteiger charge is 2.31. The highest BCUT2D eigenvalue weighted by atomic mass is 32.2. The van der Waals surface area contributed by atoms with Crippen LogP contribution in [-0.2, 0) is 26.3 Å².